The SMILES string of the molecule is CCC(C)Oc1ccc2c(c1)OC(C)(C)CC2=O. The van der Waals surface area contributed by atoms with E-state index in [4.69, 9.17) is 9.47 Å². The van der Waals surface area contributed by atoms with Gasteiger partial charge in [0.25, 0.3) is 0 Å². The van der Waals surface area contributed by atoms with E-state index in [2.05, 4.69) is 6.92 Å². The van der Waals surface area contributed by atoms with E-state index >= 15 is 0 Å². The molecular weight excluding hydrogens is 228 g/mol. The standard InChI is InChI=1S/C15H20O3/c1-5-10(2)17-11-6-7-12-13(16)9-15(3,4)18-14(12)8-11/h6-8,10H,5,9H2,1-4H3. The van der Waals surface area contributed by atoms with Gasteiger partial charge in [-0.05, 0) is 39.3 Å². The molecule has 1 aromatic rings. The van der Waals surface area contributed by atoms with Crippen molar-refractivity contribution in [2.45, 2.75) is 52.2 Å². The van der Waals surface area contributed by atoms with Crippen molar-refractivity contribution in [1.82, 2.24) is 0 Å². The summed E-state index contributed by atoms with van der Waals surface area (Å²) in [5.41, 5.74) is 0.227. The van der Waals surface area contributed by atoms with E-state index in [0.717, 1.165) is 12.2 Å². The lowest BCUT2D eigenvalue weighted by atomic mass is 9.93. The summed E-state index contributed by atoms with van der Waals surface area (Å²) >= 11 is 0. The van der Waals surface area contributed by atoms with Gasteiger partial charge in [0.1, 0.15) is 17.1 Å². The molecule has 0 fully saturated rings. The van der Waals surface area contributed by atoms with Gasteiger partial charge in [-0.2, -0.15) is 0 Å². The number of rotatable bonds is 3. The third kappa shape index (κ3) is 2.66. The van der Waals surface area contributed by atoms with Gasteiger partial charge in [-0.3, -0.25) is 4.79 Å². The smallest absolute Gasteiger partial charge is 0.170 e. The molecule has 0 aliphatic carbocycles. The van der Waals surface area contributed by atoms with Crippen LogP contribution in [0.25, 0.3) is 0 Å². The van der Waals surface area contributed by atoms with Crippen LogP contribution in [0.5, 0.6) is 11.5 Å². The predicted octanol–water partition coefficient (Wildman–Crippen LogP) is 3.61. The molecular formula is C15H20O3. The topological polar surface area (TPSA) is 35.5 Å². The monoisotopic (exact) mass is 248 g/mol. The molecule has 1 heterocycles. The van der Waals surface area contributed by atoms with Crippen LogP contribution in [0.3, 0.4) is 0 Å². The zero-order valence-electron chi connectivity index (χ0n) is 11.4. The number of hydrogen-bond acceptors (Lipinski definition) is 3. The molecule has 1 unspecified atom stereocenters. The molecule has 0 amide bonds. The third-order valence-electron chi connectivity index (χ3n) is 3.14. The van der Waals surface area contributed by atoms with Crippen LogP contribution < -0.4 is 9.47 Å². The summed E-state index contributed by atoms with van der Waals surface area (Å²) in [6.07, 6.45) is 1.53. The minimum Gasteiger partial charge on any atom is -0.491 e. The van der Waals surface area contributed by atoms with Crippen molar-refractivity contribution in [3.8, 4) is 11.5 Å². The lowest BCUT2D eigenvalue weighted by Crippen LogP contribution is -2.35. The van der Waals surface area contributed by atoms with E-state index < -0.39 is 5.60 Å². The van der Waals surface area contributed by atoms with E-state index in [1.807, 2.05) is 32.9 Å². The fraction of sp³-hybridized carbons (Fsp3) is 0.533. The molecule has 0 saturated heterocycles. The second-order valence-electron chi connectivity index (χ2n) is 5.46. The molecule has 1 aliphatic heterocycles. The van der Waals surface area contributed by atoms with Gasteiger partial charge in [0.05, 0.1) is 18.1 Å². The van der Waals surface area contributed by atoms with Crippen LogP contribution in [-0.2, 0) is 0 Å². The van der Waals surface area contributed by atoms with Crippen molar-refractivity contribution in [3.63, 3.8) is 0 Å². The lowest BCUT2D eigenvalue weighted by Gasteiger charge is -2.31. The summed E-state index contributed by atoms with van der Waals surface area (Å²) in [7, 11) is 0. The Morgan fingerprint density at radius 2 is 2.17 bits per heavy atom. The van der Waals surface area contributed by atoms with E-state index in [9.17, 15) is 4.79 Å². The normalized spacial score (nSPS) is 18.8. The zero-order chi connectivity index (χ0) is 13.3. The Labute approximate surface area is 108 Å². The Balaban J connectivity index is 2.28. The number of fused-ring (bicyclic) bond motifs is 1. The van der Waals surface area contributed by atoms with Gasteiger partial charge in [0.15, 0.2) is 5.78 Å². The Kier molecular flexibility index (Phi) is 3.33. The zero-order valence-corrected chi connectivity index (χ0v) is 11.4. The molecule has 0 bridgehead atoms. The highest BCUT2D eigenvalue weighted by Crippen LogP contribution is 2.35. The maximum absolute atomic E-state index is 12.0. The fourth-order valence-electron chi connectivity index (χ4n) is 2.02. The van der Waals surface area contributed by atoms with Gasteiger partial charge in [-0.25, -0.2) is 0 Å². The predicted molar refractivity (Wildman–Crippen MR) is 70.5 cm³/mol. The van der Waals surface area contributed by atoms with Crippen molar-refractivity contribution >= 4 is 5.78 Å². The Morgan fingerprint density at radius 1 is 1.44 bits per heavy atom. The van der Waals surface area contributed by atoms with Crippen molar-refractivity contribution < 1.29 is 14.3 Å². The number of ketones is 1. The Morgan fingerprint density at radius 3 is 2.83 bits per heavy atom. The third-order valence-corrected chi connectivity index (χ3v) is 3.14. The highest BCUT2D eigenvalue weighted by Gasteiger charge is 2.32. The van der Waals surface area contributed by atoms with Crippen molar-refractivity contribution in [3.05, 3.63) is 23.8 Å². The summed E-state index contributed by atoms with van der Waals surface area (Å²) in [5.74, 6) is 1.53. The van der Waals surface area contributed by atoms with Gasteiger partial charge in [-0.1, -0.05) is 6.92 Å². The summed E-state index contributed by atoms with van der Waals surface area (Å²) in [6.45, 7) is 7.95. The van der Waals surface area contributed by atoms with Crippen LogP contribution in [0.15, 0.2) is 18.2 Å². The second-order valence-corrected chi connectivity index (χ2v) is 5.46. The number of carbonyl (C=O) groups is 1. The number of ether oxygens (including phenoxy) is 2. The van der Waals surface area contributed by atoms with Gasteiger partial charge < -0.3 is 9.47 Å². The second kappa shape index (κ2) is 4.63. The van der Waals surface area contributed by atoms with E-state index in [1.165, 1.54) is 0 Å². The maximum Gasteiger partial charge on any atom is 0.170 e. The molecule has 98 valence electrons. The Bertz CT molecular complexity index is 463. The first kappa shape index (κ1) is 12.9. The average Bonchev–Trinajstić information content (AvgIpc) is 2.26. The molecule has 0 saturated carbocycles. The minimum absolute atomic E-state index is 0.135. The van der Waals surface area contributed by atoms with Crippen LogP contribution in [0, 0.1) is 0 Å². The Hall–Kier alpha value is -1.51. The quantitative estimate of drug-likeness (QED) is 0.819. The van der Waals surface area contributed by atoms with Gasteiger partial charge in [-0.15, -0.1) is 0 Å². The van der Waals surface area contributed by atoms with Crippen LogP contribution >= 0.6 is 0 Å². The van der Waals surface area contributed by atoms with Crippen molar-refractivity contribution in [1.29, 1.82) is 0 Å². The molecule has 18 heavy (non-hydrogen) atoms. The number of carbonyl (C=O) groups excluding carboxylic acids is 1. The average molecular weight is 248 g/mol. The molecule has 1 atom stereocenters. The van der Waals surface area contributed by atoms with Gasteiger partial charge in [0.2, 0.25) is 0 Å². The molecule has 0 radical (unpaired) electrons. The molecule has 1 aliphatic rings. The molecule has 0 N–H and O–H groups in total. The number of benzene rings is 1. The maximum atomic E-state index is 12.0. The van der Waals surface area contributed by atoms with E-state index in [0.29, 0.717) is 17.7 Å². The van der Waals surface area contributed by atoms with Crippen LogP contribution in [0.2, 0.25) is 0 Å². The first-order chi connectivity index (χ1) is 8.41. The lowest BCUT2D eigenvalue weighted by molar-refractivity contribution is 0.0617. The molecule has 0 spiro atoms. The molecule has 1 aromatic carbocycles. The van der Waals surface area contributed by atoms with Gasteiger partial charge in [0, 0.05) is 6.07 Å². The largest absolute Gasteiger partial charge is 0.491 e. The van der Waals surface area contributed by atoms with E-state index in [1.54, 1.807) is 6.07 Å². The van der Waals surface area contributed by atoms with Crippen LogP contribution in [-0.4, -0.2) is 17.5 Å². The summed E-state index contributed by atoms with van der Waals surface area (Å²) in [4.78, 5) is 12.0. The fourth-order valence-corrected chi connectivity index (χ4v) is 2.02. The van der Waals surface area contributed by atoms with Crippen LogP contribution in [0.4, 0.5) is 0 Å². The molecule has 2 rings (SSSR count). The highest BCUT2D eigenvalue weighted by molar-refractivity contribution is 6.00. The van der Waals surface area contributed by atoms with Crippen molar-refractivity contribution in [2.24, 2.45) is 0 Å². The van der Waals surface area contributed by atoms with Crippen LogP contribution in [0.1, 0.15) is 50.9 Å². The summed E-state index contributed by atoms with van der Waals surface area (Å²) in [5, 5.41) is 0. The number of Topliss-reactive ketones (excluding diaryl/α,β-unsaturated/α-hetero) is 1. The molecule has 3 heteroatoms. The summed E-state index contributed by atoms with van der Waals surface area (Å²) in [6, 6.07) is 5.45. The van der Waals surface area contributed by atoms with Gasteiger partial charge >= 0.3 is 0 Å². The van der Waals surface area contributed by atoms with Crippen molar-refractivity contribution in [2.75, 3.05) is 0 Å². The first-order valence-electron chi connectivity index (χ1n) is 6.44. The highest BCUT2D eigenvalue weighted by atomic mass is 16.5. The molecule has 0 aromatic heterocycles. The number of hydrogen-bond donors (Lipinski definition) is 0. The van der Waals surface area contributed by atoms with E-state index in [-0.39, 0.29) is 11.9 Å². The molecule has 3 nitrogen and oxygen atoms in total. The minimum atomic E-state index is -0.431. The summed E-state index contributed by atoms with van der Waals surface area (Å²) < 4.78 is 11.6. The first-order valence-corrected chi connectivity index (χ1v) is 6.44.